The Morgan fingerprint density at radius 1 is 1.40 bits per heavy atom. The highest BCUT2D eigenvalue weighted by atomic mass is 35.5. The first-order valence-corrected chi connectivity index (χ1v) is 6.93. The molecule has 0 amide bonds. The first kappa shape index (κ1) is 14.7. The summed E-state index contributed by atoms with van der Waals surface area (Å²) in [6.45, 7) is 0. The summed E-state index contributed by atoms with van der Waals surface area (Å²) in [5, 5.41) is 9.23. The summed E-state index contributed by atoms with van der Waals surface area (Å²) < 4.78 is 11.3. The molecule has 0 saturated heterocycles. The second-order valence-electron chi connectivity index (χ2n) is 4.72. The van der Waals surface area contributed by atoms with E-state index in [9.17, 15) is 4.79 Å². The lowest BCUT2D eigenvalue weighted by Crippen LogP contribution is -2.12. The number of carbonyl (C=O) groups is 1. The van der Waals surface area contributed by atoms with Crippen LogP contribution in [0.3, 0.4) is 0 Å². The second kappa shape index (κ2) is 6.66. The Hall–Kier alpha value is -1.68. The van der Waals surface area contributed by atoms with Gasteiger partial charge in [0.05, 0.1) is 13.2 Å². The van der Waals surface area contributed by atoms with Gasteiger partial charge < -0.3 is 14.6 Å². The Morgan fingerprint density at radius 2 is 2.10 bits per heavy atom. The van der Waals surface area contributed by atoms with E-state index < -0.39 is 5.97 Å². The van der Waals surface area contributed by atoms with Crippen molar-refractivity contribution in [2.45, 2.75) is 31.8 Å². The molecule has 0 atom stereocenters. The van der Waals surface area contributed by atoms with E-state index in [2.05, 4.69) is 0 Å². The molecule has 0 aromatic heterocycles. The molecule has 1 N–H and O–H groups in total. The van der Waals surface area contributed by atoms with Crippen LogP contribution in [0, 0.1) is 0 Å². The quantitative estimate of drug-likeness (QED) is 0.840. The van der Waals surface area contributed by atoms with Crippen molar-refractivity contribution >= 4 is 23.6 Å². The Kier molecular flexibility index (Phi) is 4.90. The number of rotatable bonds is 5. The third kappa shape index (κ3) is 3.67. The van der Waals surface area contributed by atoms with Gasteiger partial charge >= 0.3 is 5.97 Å². The molecule has 0 heterocycles. The zero-order chi connectivity index (χ0) is 14.5. The second-order valence-corrected chi connectivity index (χ2v) is 5.16. The molecule has 0 spiro atoms. The topological polar surface area (TPSA) is 55.8 Å². The lowest BCUT2D eigenvalue weighted by Gasteiger charge is -2.18. The van der Waals surface area contributed by atoms with E-state index in [0.29, 0.717) is 22.1 Å². The van der Waals surface area contributed by atoms with Gasteiger partial charge in [0.1, 0.15) is 0 Å². The number of hydrogen-bond acceptors (Lipinski definition) is 3. The van der Waals surface area contributed by atoms with Crippen molar-refractivity contribution in [2.75, 3.05) is 7.11 Å². The molecule has 20 heavy (non-hydrogen) atoms. The normalized spacial score (nSPS) is 15.7. The Labute approximate surface area is 123 Å². The van der Waals surface area contributed by atoms with E-state index >= 15 is 0 Å². The van der Waals surface area contributed by atoms with E-state index in [4.69, 9.17) is 26.2 Å². The highest BCUT2D eigenvalue weighted by Gasteiger charge is 2.20. The van der Waals surface area contributed by atoms with Crippen LogP contribution in [0.1, 0.15) is 31.2 Å². The van der Waals surface area contributed by atoms with E-state index in [1.54, 1.807) is 12.1 Å². The number of carboxylic acids is 1. The van der Waals surface area contributed by atoms with Gasteiger partial charge in [-0.05, 0) is 37.8 Å². The van der Waals surface area contributed by atoms with Crippen molar-refractivity contribution in [1.29, 1.82) is 0 Å². The van der Waals surface area contributed by atoms with E-state index in [-0.39, 0.29) is 6.10 Å². The smallest absolute Gasteiger partial charge is 0.328 e. The van der Waals surface area contributed by atoms with Crippen LogP contribution in [0.15, 0.2) is 18.2 Å². The monoisotopic (exact) mass is 296 g/mol. The molecular weight excluding hydrogens is 280 g/mol. The predicted octanol–water partition coefficient (Wildman–Crippen LogP) is 3.77. The number of hydrogen-bond donors (Lipinski definition) is 1. The molecule has 108 valence electrons. The van der Waals surface area contributed by atoms with Crippen molar-refractivity contribution in [3.05, 3.63) is 28.8 Å². The van der Waals surface area contributed by atoms with Crippen LogP contribution >= 0.6 is 11.6 Å². The number of ether oxygens (including phenoxy) is 2. The number of halogens is 1. The summed E-state index contributed by atoms with van der Waals surface area (Å²) in [5.41, 5.74) is 0.614. The van der Waals surface area contributed by atoms with Crippen molar-refractivity contribution < 1.29 is 19.4 Å². The number of aliphatic carboxylic acids is 1. The minimum absolute atomic E-state index is 0.155. The van der Waals surface area contributed by atoms with Crippen molar-refractivity contribution in [2.24, 2.45) is 0 Å². The molecule has 1 aromatic carbocycles. The molecule has 0 radical (unpaired) electrons. The Balaban J connectivity index is 2.35. The minimum Gasteiger partial charge on any atom is -0.493 e. The van der Waals surface area contributed by atoms with Gasteiger partial charge in [0, 0.05) is 22.7 Å². The fourth-order valence-corrected chi connectivity index (χ4v) is 2.54. The van der Waals surface area contributed by atoms with Crippen molar-refractivity contribution in [3.63, 3.8) is 0 Å². The van der Waals surface area contributed by atoms with Crippen LogP contribution in [-0.2, 0) is 4.79 Å². The van der Waals surface area contributed by atoms with Crippen molar-refractivity contribution in [1.82, 2.24) is 0 Å². The van der Waals surface area contributed by atoms with Crippen LogP contribution in [0.5, 0.6) is 11.5 Å². The average molecular weight is 297 g/mol. The zero-order valence-electron chi connectivity index (χ0n) is 11.3. The van der Waals surface area contributed by atoms with Gasteiger partial charge in [-0.2, -0.15) is 0 Å². The lowest BCUT2D eigenvalue weighted by molar-refractivity contribution is -0.131. The number of carboxylic acid groups (broad SMARTS) is 1. The summed E-state index contributed by atoms with van der Waals surface area (Å²) >= 11 is 6.02. The summed E-state index contributed by atoms with van der Waals surface area (Å²) in [6.07, 6.45) is 7.01. The maximum atomic E-state index is 10.7. The zero-order valence-corrected chi connectivity index (χ0v) is 12.0. The molecule has 4 nitrogen and oxygen atoms in total. The fourth-order valence-electron chi connectivity index (χ4n) is 2.32. The largest absolute Gasteiger partial charge is 0.493 e. The molecule has 0 unspecified atom stereocenters. The first-order valence-electron chi connectivity index (χ1n) is 6.55. The van der Waals surface area contributed by atoms with Crippen LogP contribution in [0.25, 0.3) is 6.08 Å². The molecule has 1 aliphatic carbocycles. The molecule has 1 fully saturated rings. The van der Waals surface area contributed by atoms with E-state index in [1.165, 1.54) is 13.2 Å². The molecule has 2 rings (SSSR count). The highest BCUT2D eigenvalue weighted by molar-refractivity contribution is 6.31. The number of benzene rings is 1. The summed E-state index contributed by atoms with van der Waals surface area (Å²) in [7, 11) is 1.54. The third-order valence-corrected chi connectivity index (χ3v) is 3.48. The molecule has 5 heteroatoms. The van der Waals surface area contributed by atoms with Crippen LogP contribution in [0.2, 0.25) is 5.02 Å². The van der Waals surface area contributed by atoms with Crippen molar-refractivity contribution in [3.8, 4) is 11.5 Å². The summed E-state index contributed by atoms with van der Waals surface area (Å²) in [5.74, 6) is 0.0616. The van der Waals surface area contributed by atoms with Gasteiger partial charge in [0.2, 0.25) is 0 Å². The fraction of sp³-hybridized carbons (Fsp3) is 0.400. The van der Waals surface area contributed by atoms with Gasteiger partial charge in [-0.3, -0.25) is 0 Å². The standard InChI is InChI=1S/C15H17ClO4/c1-19-13-9-11(16)8-10(6-7-14(17)18)15(13)20-12-4-2-3-5-12/h6-9,12H,2-5H2,1H3,(H,17,18)/b7-6+. The van der Waals surface area contributed by atoms with Gasteiger partial charge in [-0.15, -0.1) is 0 Å². The van der Waals surface area contributed by atoms with Crippen LogP contribution in [-0.4, -0.2) is 24.3 Å². The molecule has 1 saturated carbocycles. The molecule has 1 aliphatic rings. The molecular formula is C15H17ClO4. The SMILES string of the molecule is COc1cc(Cl)cc(/C=C/C(=O)O)c1OC1CCCC1. The van der Waals surface area contributed by atoms with Gasteiger partial charge in [-0.25, -0.2) is 4.79 Å². The van der Waals surface area contributed by atoms with Crippen LogP contribution in [0.4, 0.5) is 0 Å². The van der Waals surface area contributed by atoms with Crippen LogP contribution < -0.4 is 9.47 Å². The maximum Gasteiger partial charge on any atom is 0.328 e. The lowest BCUT2D eigenvalue weighted by atomic mass is 10.1. The molecule has 1 aromatic rings. The minimum atomic E-state index is -1.02. The third-order valence-electron chi connectivity index (χ3n) is 3.26. The van der Waals surface area contributed by atoms with Gasteiger partial charge in [0.25, 0.3) is 0 Å². The molecule has 0 aliphatic heterocycles. The summed E-state index contributed by atoms with van der Waals surface area (Å²) in [4.78, 5) is 10.7. The summed E-state index contributed by atoms with van der Waals surface area (Å²) in [6, 6.07) is 3.34. The van der Waals surface area contributed by atoms with Gasteiger partial charge in [0.15, 0.2) is 11.5 Å². The Bertz CT molecular complexity index is 519. The van der Waals surface area contributed by atoms with E-state index in [1.807, 2.05) is 0 Å². The number of methoxy groups -OCH3 is 1. The maximum absolute atomic E-state index is 10.7. The highest BCUT2D eigenvalue weighted by Crippen LogP contribution is 2.38. The Morgan fingerprint density at radius 3 is 2.70 bits per heavy atom. The average Bonchev–Trinajstić information content (AvgIpc) is 2.91. The molecule has 0 bridgehead atoms. The first-order chi connectivity index (χ1) is 9.60. The predicted molar refractivity (Wildman–Crippen MR) is 77.6 cm³/mol. The van der Waals surface area contributed by atoms with Gasteiger partial charge in [-0.1, -0.05) is 11.6 Å². The van der Waals surface area contributed by atoms with E-state index in [0.717, 1.165) is 31.8 Å².